The van der Waals surface area contributed by atoms with E-state index >= 15 is 0 Å². The third kappa shape index (κ3) is 3.66. The van der Waals surface area contributed by atoms with Crippen molar-refractivity contribution in [1.82, 2.24) is 10.2 Å². The summed E-state index contributed by atoms with van der Waals surface area (Å²) in [4.78, 5) is 0.223. The Bertz CT molecular complexity index is 1010. The molecule has 0 unspecified atom stereocenters. The number of hydrogen-bond donors (Lipinski definition) is 2. The average Bonchev–Trinajstić information content (AvgIpc) is 3.17. The second-order valence-corrected chi connectivity index (χ2v) is 7.86. The molecule has 25 heavy (non-hydrogen) atoms. The Labute approximate surface area is 143 Å². The molecule has 3 rings (SSSR count). The number of benzene rings is 1. The molecule has 0 aliphatic carbocycles. The molecule has 0 fully saturated rings. The Kier molecular flexibility index (Phi) is 4.29. The Morgan fingerprint density at radius 3 is 2.48 bits per heavy atom. The van der Waals surface area contributed by atoms with Crippen LogP contribution in [0.5, 0.6) is 0 Å². The molecule has 0 aliphatic heterocycles. The zero-order valence-electron chi connectivity index (χ0n) is 12.1. The third-order valence-electron chi connectivity index (χ3n) is 3.10. The van der Waals surface area contributed by atoms with Crippen molar-refractivity contribution in [2.24, 2.45) is 0 Å². The first-order valence-electron chi connectivity index (χ1n) is 6.67. The Hall–Kier alpha value is -2.40. The van der Waals surface area contributed by atoms with Gasteiger partial charge in [0.05, 0.1) is 10.6 Å². The van der Waals surface area contributed by atoms with Crippen molar-refractivity contribution in [1.29, 1.82) is 0 Å². The normalized spacial score (nSPS) is 12.3. The number of sulfonamides is 1. The van der Waals surface area contributed by atoms with Gasteiger partial charge in [-0.3, -0.25) is 9.82 Å². The number of aromatic nitrogens is 2. The van der Waals surface area contributed by atoms with E-state index in [0.717, 1.165) is 23.5 Å². The van der Waals surface area contributed by atoms with E-state index in [2.05, 4.69) is 9.82 Å². The van der Waals surface area contributed by atoms with E-state index in [4.69, 9.17) is 0 Å². The first-order valence-corrected chi connectivity index (χ1v) is 8.97. The lowest BCUT2D eigenvalue weighted by Gasteiger charge is -2.06. The van der Waals surface area contributed by atoms with Gasteiger partial charge in [-0.15, -0.1) is 11.3 Å². The largest absolute Gasteiger partial charge is 0.432 e. The van der Waals surface area contributed by atoms with Crippen LogP contribution in [0.2, 0.25) is 0 Å². The van der Waals surface area contributed by atoms with Gasteiger partial charge in [0.25, 0.3) is 10.0 Å². The van der Waals surface area contributed by atoms with Crippen LogP contribution in [0.3, 0.4) is 0 Å². The van der Waals surface area contributed by atoms with Crippen LogP contribution < -0.4 is 4.72 Å². The van der Waals surface area contributed by atoms with E-state index in [1.165, 1.54) is 30.3 Å². The van der Waals surface area contributed by atoms with Gasteiger partial charge in [-0.25, -0.2) is 12.8 Å². The lowest BCUT2D eigenvalue weighted by atomic mass is 10.3. The smallest absolute Gasteiger partial charge is 0.276 e. The maximum absolute atomic E-state index is 13.6. The van der Waals surface area contributed by atoms with Crippen LogP contribution in [-0.2, 0) is 16.2 Å². The van der Waals surface area contributed by atoms with E-state index in [1.807, 2.05) is 5.10 Å². The topological polar surface area (TPSA) is 74.8 Å². The first kappa shape index (κ1) is 17.4. The highest BCUT2D eigenvalue weighted by Gasteiger charge is 2.33. The molecule has 11 heteroatoms. The summed E-state index contributed by atoms with van der Waals surface area (Å²) in [5.74, 6) is -0.745. The van der Waals surface area contributed by atoms with Gasteiger partial charge in [-0.2, -0.15) is 18.3 Å². The second-order valence-electron chi connectivity index (χ2n) is 4.87. The molecule has 1 aromatic carbocycles. The second kappa shape index (κ2) is 6.15. The van der Waals surface area contributed by atoms with Gasteiger partial charge in [0.15, 0.2) is 0 Å². The molecule has 0 amide bonds. The van der Waals surface area contributed by atoms with Crippen molar-refractivity contribution < 1.29 is 26.0 Å². The first-order chi connectivity index (χ1) is 11.7. The van der Waals surface area contributed by atoms with Gasteiger partial charge in [0.1, 0.15) is 21.4 Å². The minimum Gasteiger partial charge on any atom is -0.276 e. The van der Waals surface area contributed by atoms with Gasteiger partial charge >= 0.3 is 6.18 Å². The molecular weight excluding hydrogens is 382 g/mol. The van der Waals surface area contributed by atoms with E-state index in [9.17, 15) is 26.0 Å². The molecule has 2 heterocycles. The Morgan fingerprint density at radius 2 is 1.84 bits per heavy atom. The highest BCUT2D eigenvalue weighted by atomic mass is 32.2. The monoisotopic (exact) mass is 391 g/mol. The molecular formula is C14H9F4N3O2S2. The number of nitrogens with one attached hydrogen (secondary N) is 2. The molecule has 2 aromatic heterocycles. The quantitative estimate of drug-likeness (QED) is 0.658. The summed E-state index contributed by atoms with van der Waals surface area (Å²) in [6.45, 7) is 0. The molecule has 0 atom stereocenters. The van der Waals surface area contributed by atoms with Gasteiger partial charge < -0.3 is 0 Å². The van der Waals surface area contributed by atoms with E-state index in [1.54, 1.807) is 0 Å². The fourth-order valence-electron chi connectivity index (χ4n) is 1.93. The summed E-state index contributed by atoms with van der Waals surface area (Å²) in [7, 11) is -4.08. The number of aromatic amines is 1. The Balaban J connectivity index is 1.88. The standard InChI is InChI=1S/C14H9F4N3O2S2/c15-8-3-1-2-4-9(8)21-25(22,23)13-6-5-11(24-13)10-7-12(20-19-10)14(16,17)18/h1-7,21H,(H,19,20). The zero-order chi connectivity index (χ0) is 18.2. The van der Waals surface area contributed by atoms with Crippen molar-refractivity contribution in [3.8, 4) is 10.6 Å². The maximum Gasteiger partial charge on any atom is 0.432 e. The van der Waals surface area contributed by atoms with Crippen molar-refractivity contribution in [2.75, 3.05) is 4.72 Å². The van der Waals surface area contributed by atoms with Crippen LogP contribution in [0, 0.1) is 5.82 Å². The molecule has 2 N–H and O–H groups in total. The molecule has 5 nitrogen and oxygen atoms in total. The van der Waals surface area contributed by atoms with Crippen molar-refractivity contribution in [3.05, 3.63) is 54.0 Å². The SMILES string of the molecule is O=S(=O)(Nc1ccccc1F)c1ccc(-c2cc(C(F)(F)F)[nH]n2)s1. The molecule has 132 valence electrons. The van der Waals surface area contributed by atoms with Gasteiger partial charge in [0, 0.05) is 0 Å². The lowest BCUT2D eigenvalue weighted by Crippen LogP contribution is -2.12. The summed E-state index contributed by atoms with van der Waals surface area (Å²) in [6, 6.07) is 8.55. The van der Waals surface area contributed by atoms with Gasteiger partial charge in [0.2, 0.25) is 0 Å². The van der Waals surface area contributed by atoms with E-state index < -0.39 is 27.7 Å². The number of alkyl halides is 3. The predicted molar refractivity (Wildman–Crippen MR) is 84.1 cm³/mol. The number of hydrogen-bond acceptors (Lipinski definition) is 4. The number of H-pyrrole nitrogens is 1. The molecule has 0 saturated heterocycles. The van der Waals surface area contributed by atoms with Crippen molar-refractivity contribution in [3.63, 3.8) is 0 Å². The van der Waals surface area contributed by atoms with Crippen LogP contribution in [0.1, 0.15) is 5.69 Å². The molecule has 0 aliphatic rings. The highest BCUT2D eigenvalue weighted by molar-refractivity contribution is 7.94. The summed E-state index contributed by atoms with van der Waals surface area (Å²) in [5.41, 5.74) is -1.30. The summed E-state index contributed by atoms with van der Waals surface area (Å²) >= 11 is 0.719. The van der Waals surface area contributed by atoms with Crippen molar-refractivity contribution >= 4 is 27.0 Å². The Morgan fingerprint density at radius 1 is 1.12 bits per heavy atom. The average molecular weight is 391 g/mol. The molecule has 0 spiro atoms. The fraction of sp³-hybridized carbons (Fsp3) is 0.0714. The van der Waals surface area contributed by atoms with E-state index in [0.29, 0.717) is 0 Å². The number of para-hydroxylation sites is 1. The molecule has 0 bridgehead atoms. The molecule has 0 saturated carbocycles. The van der Waals surface area contributed by atoms with E-state index in [-0.39, 0.29) is 20.5 Å². The van der Waals surface area contributed by atoms with Crippen molar-refractivity contribution in [2.45, 2.75) is 10.4 Å². The minimum absolute atomic E-state index is 0.0373. The number of halogens is 4. The maximum atomic E-state index is 13.6. The molecule has 0 radical (unpaired) electrons. The van der Waals surface area contributed by atoms with Crippen LogP contribution in [0.4, 0.5) is 23.2 Å². The fourth-order valence-corrected chi connectivity index (χ4v) is 4.27. The van der Waals surface area contributed by atoms with Crippen LogP contribution in [0.15, 0.2) is 46.7 Å². The van der Waals surface area contributed by atoms with Gasteiger partial charge in [-0.1, -0.05) is 12.1 Å². The summed E-state index contributed by atoms with van der Waals surface area (Å²) < 4.78 is 77.8. The highest BCUT2D eigenvalue weighted by Crippen LogP contribution is 2.34. The number of anilines is 1. The zero-order valence-corrected chi connectivity index (χ0v) is 13.8. The number of nitrogens with zero attached hydrogens (tertiary/aromatic N) is 1. The minimum atomic E-state index is -4.58. The predicted octanol–water partition coefficient (Wildman–Crippen LogP) is 4.10. The summed E-state index contributed by atoms with van der Waals surface area (Å²) in [6.07, 6.45) is -4.58. The van der Waals surface area contributed by atoms with Crippen LogP contribution >= 0.6 is 11.3 Å². The summed E-state index contributed by atoms with van der Waals surface area (Å²) in [5, 5.41) is 5.39. The van der Waals surface area contributed by atoms with Crippen LogP contribution in [0.25, 0.3) is 10.6 Å². The number of rotatable bonds is 4. The number of thiophene rings is 1. The lowest BCUT2D eigenvalue weighted by molar-refractivity contribution is -0.141. The third-order valence-corrected chi connectivity index (χ3v) is 6.07. The van der Waals surface area contributed by atoms with Gasteiger partial charge in [-0.05, 0) is 30.3 Å². The molecule has 3 aromatic rings. The van der Waals surface area contributed by atoms with Crippen LogP contribution in [-0.4, -0.2) is 18.6 Å².